The zero-order valence-electron chi connectivity index (χ0n) is 11.9. The first-order chi connectivity index (χ1) is 9.55. The summed E-state index contributed by atoms with van der Waals surface area (Å²) in [5.41, 5.74) is 1.48. The molecule has 0 aliphatic carbocycles. The van der Waals surface area contributed by atoms with Crippen molar-refractivity contribution in [1.29, 1.82) is 0 Å². The van der Waals surface area contributed by atoms with E-state index in [2.05, 4.69) is 21.5 Å². The van der Waals surface area contributed by atoms with Crippen molar-refractivity contribution in [2.75, 3.05) is 20.3 Å². The molecule has 2 aromatic rings. The van der Waals surface area contributed by atoms with E-state index >= 15 is 0 Å². The van der Waals surface area contributed by atoms with Crippen LogP contribution in [0.5, 0.6) is 5.88 Å². The normalized spacial score (nSPS) is 24.2. The van der Waals surface area contributed by atoms with Crippen LogP contribution in [0.25, 0.3) is 11.2 Å². The van der Waals surface area contributed by atoms with Gasteiger partial charge in [0.25, 0.3) is 0 Å². The number of hydrogen-bond acceptors (Lipinski definition) is 4. The zero-order valence-corrected chi connectivity index (χ0v) is 12.6. The first kappa shape index (κ1) is 13.6. The third kappa shape index (κ3) is 2.05. The molecular formula is C14H18ClN3O2. The Morgan fingerprint density at radius 2 is 2.25 bits per heavy atom. The number of imidazole rings is 1. The summed E-state index contributed by atoms with van der Waals surface area (Å²) >= 11 is 6.31. The molecule has 3 rings (SSSR count). The van der Waals surface area contributed by atoms with Gasteiger partial charge in [0.2, 0.25) is 5.88 Å². The Morgan fingerprint density at radius 1 is 1.45 bits per heavy atom. The number of ether oxygens (including phenoxy) is 2. The summed E-state index contributed by atoms with van der Waals surface area (Å²) in [4.78, 5) is 9.19. The highest BCUT2D eigenvalue weighted by Crippen LogP contribution is 2.35. The quantitative estimate of drug-likeness (QED) is 0.817. The standard InChI is InChI=1S/C14H18ClN3O2/c1-9(15)12-16-10-4-5-11(19-3)17-13(10)18(12)14(2)6-7-20-8-14/h4-5,9H,6-8H2,1-3H3. The number of alkyl halides is 1. The van der Waals surface area contributed by atoms with Gasteiger partial charge in [-0.2, -0.15) is 4.98 Å². The lowest BCUT2D eigenvalue weighted by Gasteiger charge is -2.27. The Morgan fingerprint density at radius 3 is 2.85 bits per heavy atom. The second-order valence-electron chi connectivity index (χ2n) is 5.42. The van der Waals surface area contributed by atoms with Crippen LogP contribution in [0.3, 0.4) is 0 Å². The summed E-state index contributed by atoms with van der Waals surface area (Å²) in [5.74, 6) is 1.41. The van der Waals surface area contributed by atoms with E-state index in [4.69, 9.17) is 21.1 Å². The van der Waals surface area contributed by atoms with Crippen molar-refractivity contribution in [1.82, 2.24) is 14.5 Å². The van der Waals surface area contributed by atoms with E-state index in [0.29, 0.717) is 12.5 Å². The number of pyridine rings is 1. The lowest BCUT2D eigenvalue weighted by molar-refractivity contribution is 0.161. The van der Waals surface area contributed by atoms with E-state index in [1.54, 1.807) is 7.11 Å². The third-order valence-electron chi connectivity index (χ3n) is 3.81. The average molecular weight is 296 g/mol. The maximum absolute atomic E-state index is 6.31. The minimum atomic E-state index is -0.187. The topological polar surface area (TPSA) is 49.2 Å². The fourth-order valence-electron chi connectivity index (χ4n) is 2.70. The molecule has 1 saturated heterocycles. The molecule has 1 aliphatic rings. The van der Waals surface area contributed by atoms with Crippen LogP contribution in [-0.2, 0) is 10.3 Å². The highest BCUT2D eigenvalue weighted by molar-refractivity contribution is 6.20. The third-order valence-corrected chi connectivity index (χ3v) is 4.00. The highest BCUT2D eigenvalue weighted by Gasteiger charge is 2.36. The minimum absolute atomic E-state index is 0.160. The van der Waals surface area contributed by atoms with E-state index in [1.165, 1.54) is 0 Å². The SMILES string of the molecule is COc1ccc2nc(C(C)Cl)n(C3(C)CCOC3)c2n1. The van der Waals surface area contributed by atoms with Crippen molar-refractivity contribution < 1.29 is 9.47 Å². The number of rotatable bonds is 3. The molecule has 0 saturated carbocycles. The average Bonchev–Trinajstić information content (AvgIpc) is 3.02. The van der Waals surface area contributed by atoms with Gasteiger partial charge in [-0.1, -0.05) is 0 Å². The van der Waals surface area contributed by atoms with Crippen LogP contribution in [0.1, 0.15) is 31.5 Å². The van der Waals surface area contributed by atoms with Gasteiger partial charge in [0.05, 0.1) is 24.6 Å². The molecule has 0 bridgehead atoms. The van der Waals surface area contributed by atoms with Gasteiger partial charge in [0, 0.05) is 12.7 Å². The number of methoxy groups -OCH3 is 1. The van der Waals surface area contributed by atoms with Crippen molar-refractivity contribution in [2.45, 2.75) is 31.2 Å². The molecule has 2 atom stereocenters. The molecule has 2 unspecified atom stereocenters. The van der Waals surface area contributed by atoms with Gasteiger partial charge < -0.3 is 14.0 Å². The summed E-state index contributed by atoms with van der Waals surface area (Å²) in [6, 6.07) is 3.73. The predicted octanol–water partition coefficient (Wildman–Crippen LogP) is 2.88. The molecule has 1 aliphatic heterocycles. The lowest BCUT2D eigenvalue weighted by atomic mass is 10.0. The van der Waals surface area contributed by atoms with E-state index in [0.717, 1.165) is 30.0 Å². The molecule has 0 spiro atoms. The molecule has 3 heterocycles. The van der Waals surface area contributed by atoms with Gasteiger partial charge in [-0.3, -0.25) is 0 Å². The van der Waals surface area contributed by atoms with Crippen LogP contribution in [0, 0.1) is 0 Å². The van der Waals surface area contributed by atoms with Gasteiger partial charge in [-0.05, 0) is 26.3 Å². The monoisotopic (exact) mass is 295 g/mol. The molecule has 0 aromatic carbocycles. The summed E-state index contributed by atoms with van der Waals surface area (Å²) in [5, 5.41) is -0.187. The summed E-state index contributed by atoms with van der Waals surface area (Å²) in [6.07, 6.45) is 0.925. The number of hydrogen-bond donors (Lipinski definition) is 0. The molecule has 20 heavy (non-hydrogen) atoms. The summed E-state index contributed by atoms with van der Waals surface area (Å²) in [7, 11) is 1.61. The molecular weight excluding hydrogens is 278 g/mol. The smallest absolute Gasteiger partial charge is 0.215 e. The van der Waals surface area contributed by atoms with Crippen molar-refractivity contribution in [2.24, 2.45) is 0 Å². The Kier molecular flexibility index (Phi) is 3.34. The molecule has 0 amide bonds. The van der Waals surface area contributed by atoms with Crippen molar-refractivity contribution in [3.05, 3.63) is 18.0 Å². The van der Waals surface area contributed by atoms with Crippen molar-refractivity contribution in [3.63, 3.8) is 0 Å². The zero-order chi connectivity index (χ0) is 14.3. The second-order valence-corrected chi connectivity index (χ2v) is 6.07. The van der Waals surface area contributed by atoms with Gasteiger partial charge >= 0.3 is 0 Å². The van der Waals surface area contributed by atoms with Gasteiger partial charge in [-0.25, -0.2) is 4.98 Å². The predicted molar refractivity (Wildman–Crippen MR) is 77.4 cm³/mol. The Balaban J connectivity index is 2.27. The first-order valence-electron chi connectivity index (χ1n) is 6.71. The Hall–Kier alpha value is -1.33. The van der Waals surface area contributed by atoms with E-state index in [9.17, 15) is 0 Å². The van der Waals surface area contributed by atoms with Crippen LogP contribution >= 0.6 is 11.6 Å². The van der Waals surface area contributed by atoms with Crippen LogP contribution in [-0.4, -0.2) is 34.9 Å². The van der Waals surface area contributed by atoms with E-state index in [-0.39, 0.29) is 10.9 Å². The van der Waals surface area contributed by atoms with E-state index in [1.807, 2.05) is 19.1 Å². The molecule has 0 N–H and O–H groups in total. The molecule has 5 nitrogen and oxygen atoms in total. The molecule has 1 fully saturated rings. The fourth-order valence-corrected chi connectivity index (χ4v) is 2.85. The molecule has 0 radical (unpaired) electrons. The largest absolute Gasteiger partial charge is 0.481 e. The maximum Gasteiger partial charge on any atom is 0.215 e. The van der Waals surface area contributed by atoms with Crippen LogP contribution in [0.15, 0.2) is 12.1 Å². The fraction of sp³-hybridized carbons (Fsp3) is 0.571. The van der Waals surface area contributed by atoms with Gasteiger partial charge in [-0.15, -0.1) is 11.6 Å². The lowest BCUT2D eigenvalue weighted by Crippen LogP contribution is -2.32. The van der Waals surface area contributed by atoms with Crippen molar-refractivity contribution in [3.8, 4) is 5.88 Å². The van der Waals surface area contributed by atoms with Crippen molar-refractivity contribution >= 4 is 22.8 Å². The highest BCUT2D eigenvalue weighted by atomic mass is 35.5. The maximum atomic E-state index is 6.31. The van der Waals surface area contributed by atoms with Gasteiger partial charge in [0.15, 0.2) is 5.65 Å². The van der Waals surface area contributed by atoms with Crippen LogP contribution in [0.4, 0.5) is 0 Å². The minimum Gasteiger partial charge on any atom is -0.481 e. The summed E-state index contributed by atoms with van der Waals surface area (Å²) < 4.78 is 12.9. The second kappa shape index (κ2) is 4.90. The molecule has 108 valence electrons. The van der Waals surface area contributed by atoms with Gasteiger partial charge in [0.1, 0.15) is 11.3 Å². The Labute approximate surface area is 122 Å². The van der Waals surface area contributed by atoms with Crippen LogP contribution < -0.4 is 4.74 Å². The Bertz CT molecular complexity index is 633. The van der Waals surface area contributed by atoms with Crippen LogP contribution in [0.2, 0.25) is 0 Å². The molecule has 2 aromatic heterocycles. The number of halogens is 1. The number of aromatic nitrogens is 3. The molecule has 6 heteroatoms. The summed E-state index contributed by atoms with van der Waals surface area (Å²) in [6.45, 7) is 5.48. The first-order valence-corrected chi connectivity index (χ1v) is 7.14. The van der Waals surface area contributed by atoms with E-state index < -0.39 is 0 Å². The number of fused-ring (bicyclic) bond motifs is 1. The number of nitrogens with zero attached hydrogens (tertiary/aromatic N) is 3.